The van der Waals surface area contributed by atoms with Gasteiger partial charge in [0.05, 0.1) is 11.5 Å². The topological polar surface area (TPSA) is 81.4 Å². The van der Waals surface area contributed by atoms with Crippen LogP contribution in [0.4, 0.5) is 5.69 Å². The fourth-order valence-electron chi connectivity index (χ4n) is 2.09. The number of aryl methyl sites for hydroxylation is 1. The Labute approximate surface area is 114 Å². The summed E-state index contributed by atoms with van der Waals surface area (Å²) < 4.78 is 32.3. The third-order valence-electron chi connectivity index (χ3n) is 3.37. The highest BCUT2D eigenvalue weighted by atomic mass is 32.2. The van der Waals surface area contributed by atoms with E-state index in [1.54, 1.807) is 19.1 Å². The smallest absolute Gasteiger partial charge is 0.240 e. The van der Waals surface area contributed by atoms with E-state index in [2.05, 4.69) is 4.72 Å². The maximum atomic E-state index is 12.1. The highest BCUT2D eigenvalue weighted by Gasteiger charge is 2.19. The molecule has 0 radical (unpaired) electrons. The Bertz CT molecular complexity index is 537. The molecule has 2 rings (SSSR count). The van der Waals surface area contributed by atoms with Crippen LogP contribution >= 0.6 is 0 Å². The van der Waals surface area contributed by atoms with Crippen LogP contribution in [0.1, 0.15) is 18.4 Å². The maximum Gasteiger partial charge on any atom is 0.240 e. The Hall–Kier alpha value is -1.11. The van der Waals surface area contributed by atoms with Gasteiger partial charge in [-0.3, -0.25) is 0 Å². The second-order valence-corrected chi connectivity index (χ2v) is 6.72. The summed E-state index contributed by atoms with van der Waals surface area (Å²) in [7, 11) is -3.46. The molecular weight excluding hydrogens is 264 g/mol. The highest BCUT2D eigenvalue weighted by molar-refractivity contribution is 7.89. The lowest BCUT2D eigenvalue weighted by atomic mass is 10.0. The van der Waals surface area contributed by atoms with Gasteiger partial charge in [0.2, 0.25) is 10.0 Å². The van der Waals surface area contributed by atoms with Crippen LogP contribution in [0.25, 0.3) is 0 Å². The summed E-state index contributed by atoms with van der Waals surface area (Å²) in [5, 5.41) is 0. The van der Waals surface area contributed by atoms with Gasteiger partial charge in [0.1, 0.15) is 0 Å². The van der Waals surface area contributed by atoms with Crippen molar-refractivity contribution >= 4 is 15.7 Å². The lowest BCUT2D eigenvalue weighted by Crippen LogP contribution is -2.33. The molecule has 106 valence electrons. The molecule has 6 heteroatoms. The van der Waals surface area contributed by atoms with E-state index in [4.69, 9.17) is 10.5 Å². The van der Waals surface area contributed by atoms with Crippen molar-refractivity contribution in [2.24, 2.45) is 5.92 Å². The average Bonchev–Trinajstić information content (AvgIpc) is 2.41. The number of nitrogens with two attached hydrogens (primary N) is 1. The van der Waals surface area contributed by atoms with E-state index in [0.29, 0.717) is 18.8 Å². The van der Waals surface area contributed by atoms with Gasteiger partial charge in [0, 0.05) is 18.8 Å². The summed E-state index contributed by atoms with van der Waals surface area (Å²) in [5.41, 5.74) is 7.06. The van der Waals surface area contributed by atoms with Crippen molar-refractivity contribution in [1.82, 2.24) is 4.72 Å². The molecule has 1 heterocycles. The van der Waals surface area contributed by atoms with Crippen molar-refractivity contribution in [2.75, 3.05) is 25.5 Å². The Balaban J connectivity index is 2.02. The van der Waals surface area contributed by atoms with Gasteiger partial charge >= 0.3 is 0 Å². The van der Waals surface area contributed by atoms with E-state index >= 15 is 0 Å². The summed E-state index contributed by atoms with van der Waals surface area (Å²) in [6.45, 7) is 3.62. The first kappa shape index (κ1) is 14.3. The minimum Gasteiger partial charge on any atom is -0.399 e. The lowest BCUT2D eigenvalue weighted by Gasteiger charge is -2.22. The third kappa shape index (κ3) is 3.68. The van der Waals surface area contributed by atoms with Gasteiger partial charge in [-0.1, -0.05) is 0 Å². The van der Waals surface area contributed by atoms with Gasteiger partial charge in [-0.05, 0) is 49.4 Å². The Kier molecular flexibility index (Phi) is 4.44. The van der Waals surface area contributed by atoms with E-state index in [0.717, 1.165) is 25.0 Å². The van der Waals surface area contributed by atoms with Crippen LogP contribution in [0.3, 0.4) is 0 Å². The molecule has 1 fully saturated rings. The van der Waals surface area contributed by atoms with Crippen LogP contribution in [0.5, 0.6) is 0 Å². The number of hydrogen-bond donors (Lipinski definition) is 2. The van der Waals surface area contributed by atoms with Crippen molar-refractivity contribution in [3.05, 3.63) is 23.8 Å². The van der Waals surface area contributed by atoms with E-state index in [1.807, 2.05) is 0 Å². The molecule has 19 heavy (non-hydrogen) atoms. The summed E-state index contributed by atoms with van der Waals surface area (Å²) in [5.74, 6) is 0.262. The molecule has 1 aromatic carbocycles. The SMILES string of the molecule is Cc1cc(S(=O)(=O)NCC2CCCOC2)ccc1N. The van der Waals surface area contributed by atoms with Crippen molar-refractivity contribution in [1.29, 1.82) is 0 Å². The van der Waals surface area contributed by atoms with Crippen molar-refractivity contribution < 1.29 is 13.2 Å². The molecule has 1 saturated heterocycles. The number of ether oxygens (including phenoxy) is 1. The molecule has 1 atom stereocenters. The number of nitrogens with one attached hydrogen (secondary N) is 1. The van der Waals surface area contributed by atoms with Crippen LogP contribution < -0.4 is 10.5 Å². The van der Waals surface area contributed by atoms with E-state index in [1.165, 1.54) is 6.07 Å². The van der Waals surface area contributed by atoms with Crippen LogP contribution in [-0.4, -0.2) is 28.2 Å². The standard InChI is InChI=1S/C13H20N2O3S/c1-10-7-12(4-5-13(10)14)19(16,17)15-8-11-3-2-6-18-9-11/h4-5,7,11,15H,2-3,6,8-9,14H2,1H3. The fourth-order valence-corrected chi connectivity index (χ4v) is 3.30. The number of rotatable bonds is 4. The Morgan fingerprint density at radius 1 is 1.47 bits per heavy atom. The van der Waals surface area contributed by atoms with Gasteiger partial charge < -0.3 is 10.5 Å². The molecule has 0 aliphatic carbocycles. The predicted molar refractivity (Wildman–Crippen MR) is 74.3 cm³/mol. The minimum absolute atomic E-state index is 0.260. The number of sulfonamides is 1. The second-order valence-electron chi connectivity index (χ2n) is 4.95. The zero-order valence-electron chi connectivity index (χ0n) is 11.1. The van der Waals surface area contributed by atoms with E-state index in [9.17, 15) is 8.42 Å². The molecule has 1 aliphatic heterocycles. The Morgan fingerprint density at radius 2 is 2.26 bits per heavy atom. The molecule has 0 aromatic heterocycles. The van der Waals surface area contributed by atoms with E-state index < -0.39 is 10.0 Å². The van der Waals surface area contributed by atoms with Crippen molar-refractivity contribution in [3.63, 3.8) is 0 Å². The van der Waals surface area contributed by atoms with Gasteiger partial charge in [0.15, 0.2) is 0 Å². The zero-order chi connectivity index (χ0) is 13.9. The number of hydrogen-bond acceptors (Lipinski definition) is 4. The first-order chi connectivity index (χ1) is 8.99. The van der Waals surface area contributed by atoms with Gasteiger partial charge in [-0.25, -0.2) is 13.1 Å². The molecule has 0 amide bonds. The monoisotopic (exact) mass is 284 g/mol. The summed E-state index contributed by atoms with van der Waals surface area (Å²) >= 11 is 0. The van der Waals surface area contributed by atoms with Gasteiger partial charge in [0.25, 0.3) is 0 Å². The summed E-state index contributed by atoms with van der Waals surface area (Å²) in [4.78, 5) is 0.260. The maximum absolute atomic E-state index is 12.1. The molecule has 0 bridgehead atoms. The third-order valence-corrected chi connectivity index (χ3v) is 4.79. The first-order valence-corrected chi connectivity index (χ1v) is 7.91. The molecule has 1 unspecified atom stereocenters. The fraction of sp³-hybridized carbons (Fsp3) is 0.538. The second kappa shape index (κ2) is 5.90. The molecule has 1 aliphatic rings. The predicted octanol–water partition coefficient (Wildman–Crippen LogP) is 1.28. The first-order valence-electron chi connectivity index (χ1n) is 6.42. The quantitative estimate of drug-likeness (QED) is 0.816. The average molecular weight is 284 g/mol. The van der Waals surface area contributed by atoms with Crippen LogP contribution in [-0.2, 0) is 14.8 Å². The lowest BCUT2D eigenvalue weighted by molar-refractivity contribution is 0.0568. The minimum atomic E-state index is -3.46. The molecule has 0 saturated carbocycles. The molecular formula is C13H20N2O3S. The Morgan fingerprint density at radius 3 is 2.89 bits per heavy atom. The largest absolute Gasteiger partial charge is 0.399 e. The summed E-state index contributed by atoms with van der Waals surface area (Å²) in [6, 6.07) is 4.74. The number of nitrogen functional groups attached to an aromatic ring is 1. The van der Waals surface area contributed by atoms with Crippen LogP contribution in [0.2, 0.25) is 0 Å². The van der Waals surface area contributed by atoms with Crippen LogP contribution in [0, 0.1) is 12.8 Å². The normalized spacial score (nSPS) is 20.4. The molecule has 3 N–H and O–H groups in total. The van der Waals surface area contributed by atoms with E-state index in [-0.39, 0.29) is 10.8 Å². The summed E-state index contributed by atoms with van der Waals surface area (Å²) in [6.07, 6.45) is 2.00. The van der Waals surface area contributed by atoms with Gasteiger partial charge in [-0.2, -0.15) is 0 Å². The molecule has 1 aromatic rings. The number of benzene rings is 1. The van der Waals surface area contributed by atoms with Gasteiger partial charge in [-0.15, -0.1) is 0 Å². The molecule has 5 nitrogen and oxygen atoms in total. The van der Waals surface area contributed by atoms with Crippen molar-refractivity contribution in [2.45, 2.75) is 24.7 Å². The van der Waals surface area contributed by atoms with Crippen LogP contribution in [0.15, 0.2) is 23.1 Å². The highest BCUT2D eigenvalue weighted by Crippen LogP contribution is 2.18. The zero-order valence-corrected chi connectivity index (χ0v) is 11.9. The van der Waals surface area contributed by atoms with Crippen molar-refractivity contribution in [3.8, 4) is 0 Å². The number of anilines is 1. The molecule has 0 spiro atoms.